The van der Waals surface area contributed by atoms with Crippen molar-refractivity contribution >= 4 is 23.5 Å². The first-order valence-corrected chi connectivity index (χ1v) is 8.83. The molecule has 0 radical (unpaired) electrons. The number of nitrogens with zero attached hydrogens (tertiary/aromatic N) is 1. The number of alkyl halides is 3. The van der Waals surface area contributed by atoms with Crippen LogP contribution in [-0.2, 0) is 23.8 Å². The average Bonchev–Trinajstić information content (AvgIpc) is 2.66. The molecule has 2 rings (SSSR count). The van der Waals surface area contributed by atoms with E-state index in [9.17, 15) is 27.6 Å². The van der Waals surface area contributed by atoms with Crippen LogP contribution in [0.15, 0.2) is 30.0 Å². The molecule has 1 aliphatic heterocycles. The first kappa shape index (κ1) is 22.3. The van der Waals surface area contributed by atoms with E-state index in [1.807, 2.05) is 0 Å². The summed E-state index contributed by atoms with van der Waals surface area (Å²) in [5, 5.41) is 0. The van der Waals surface area contributed by atoms with Crippen LogP contribution in [0.4, 0.5) is 13.2 Å². The van der Waals surface area contributed by atoms with Crippen molar-refractivity contribution in [2.45, 2.75) is 33.1 Å². The zero-order chi connectivity index (χ0) is 21.8. The van der Waals surface area contributed by atoms with Gasteiger partial charge in [0.05, 0.1) is 18.8 Å². The Morgan fingerprint density at radius 3 is 2.31 bits per heavy atom. The molecule has 1 atom stereocenters. The van der Waals surface area contributed by atoms with Gasteiger partial charge in [-0.15, -0.1) is 0 Å². The van der Waals surface area contributed by atoms with Crippen LogP contribution in [-0.4, -0.2) is 54.8 Å². The predicted molar refractivity (Wildman–Crippen MR) is 94.3 cm³/mol. The number of esters is 2. The second-order valence-electron chi connectivity index (χ2n) is 5.94. The van der Waals surface area contributed by atoms with Gasteiger partial charge in [-0.1, -0.05) is 18.2 Å². The molecule has 0 bridgehead atoms. The van der Waals surface area contributed by atoms with E-state index in [-0.39, 0.29) is 30.0 Å². The summed E-state index contributed by atoms with van der Waals surface area (Å²) in [6, 6.07) is 5.89. The fourth-order valence-electron chi connectivity index (χ4n) is 2.58. The maximum atomic E-state index is 12.9. The van der Waals surface area contributed by atoms with Crippen LogP contribution >= 0.6 is 0 Å². The summed E-state index contributed by atoms with van der Waals surface area (Å²) in [4.78, 5) is 37.4. The van der Waals surface area contributed by atoms with E-state index in [1.165, 1.54) is 24.3 Å². The third-order valence-electron chi connectivity index (χ3n) is 3.95. The number of benzene rings is 1. The van der Waals surface area contributed by atoms with Crippen LogP contribution in [0.25, 0.3) is 5.70 Å². The maximum absolute atomic E-state index is 12.9. The Balaban J connectivity index is 2.51. The fraction of sp³-hybridized carbons (Fsp3) is 0.421. The molecule has 1 heterocycles. The normalized spacial score (nSPS) is 15.0. The van der Waals surface area contributed by atoms with Crippen LogP contribution in [0, 0.1) is 0 Å². The minimum Gasteiger partial charge on any atom is -0.474 e. The predicted octanol–water partition coefficient (Wildman–Crippen LogP) is 2.90. The highest BCUT2D eigenvalue weighted by molar-refractivity contribution is 6.15. The minimum absolute atomic E-state index is 0.0199. The molecule has 0 aliphatic carbocycles. The SMILES string of the molecule is CCOC(=O)CN1C(=O)C(OC(C)C(F)(F)F)=C1c1ccccc1C(=O)OCC. The van der Waals surface area contributed by atoms with Gasteiger partial charge < -0.3 is 14.2 Å². The molecule has 0 fully saturated rings. The van der Waals surface area contributed by atoms with E-state index < -0.39 is 42.4 Å². The first-order chi connectivity index (χ1) is 13.6. The number of amides is 1. The number of ether oxygens (including phenoxy) is 3. The van der Waals surface area contributed by atoms with E-state index in [2.05, 4.69) is 0 Å². The van der Waals surface area contributed by atoms with Crippen molar-refractivity contribution < 1.29 is 41.8 Å². The van der Waals surface area contributed by atoms with Crippen molar-refractivity contribution in [1.29, 1.82) is 0 Å². The third kappa shape index (κ3) is 4.87. The smallest absolute Gasteiger partial charge is 0.425 e. The van der Waals surface area contributed by atoms with Crippen molar-refractivity contribution in [1.82, 2.24) is 4.90 Å². The molecule has 29 heavy (non-hydrogen) atoms. The lowest BCUT2D eigenvalue weighted by atomic mass is 9.97. The van der Waals surface area contributed by atoms with Gasteiger partial charge >= 0.3 is 18.1 Å². The van der Waals surface area contributed by atoms with E-state index in [0.29, 0.717) is 0 Å². The Bertz CT molecular complexity index is 833. The molecule has 1 amide bonds. The Morgan fingerprint density at radius 1 is 1.10 bits per heavy atom. The van der Waals surface area contributed by atoms with Crippen LogP contribution in [0.3, 0.4) is 0 Å². The second kappa shape index (κ2) is 8.97. The highest BCUT2D eigenvalue weighted by Gasteiger charge is 2.46. The molecular weight excluding hydrogens is 395 g/mol. The van der Waals surface area contributed by atoms with Gasteiger partial charge in [0, 0.05) is 5.56 Å². The monoisotopic (exact) mass is 415 g/mol. The van der Waals surface area contributed by atoms with Gasteiger partial charge in [0.15, 0.2) is 6.10 Å². The number of halogens is 3. The molecule has 1 aromatic carbocycles. The third-order valence-corrected chi connectivity index (χ3v) is 3.95. The standard InChI is InChI=1S/C19H20F3NO6/c1-4-27-14(24)10-23-15(16(17(23)25)29-11(3)19(20,21)22)12-8-6-7-9-13(12)18(26)28-5-2/h6-9,11H,4-5,10H2,1-3H3. The zero-order valence-corrected chi connectivity index (χ0v) is 16.0. The lowest BCUT2D eigenvalue weighted by molar-refractivity contribution is -0.206. The van der Waals surface area contributed by atoms with Gasteiger partial charge in [0.1, 0.15) is 12.2 Å². The highest BCUT2D eigenvalue weighted by atomic mass is 19.4. The summed E-state index contributed by atoms with van der Waals surface area (Å²) in [6.07, 6.45) is -6.98. The lowest BCUT2D eigenvalue weighted by Gasteiger charge is -2.37. The molecule has 1 aromatic rings. The van der Waals surface area contributed by atoms with E-state index in [0.717, 1.165) is 11.8 Å². The van der Waals surface area contributed by atoms with Crippen molar-refractivity contribution in [3.05, 3.63) is 41.2 Å². The summed E-state index contributed by atoms with van der Waals surface area (Å²) < 4.78 is 53.4. The van der Waals surface area contributed by atoms with Crippen LogP contribution < -0.4 is 0 Å². The van der Waals surface area contributed by atoms with Gasteiger partial charge in [0.25, 0.3) is 5.91 Å². The molecule has 1 aliphatic rings. The first-order valence-electron chi connectivity index (χ1n) is 8.83. The summed E-state index contributed by atoms with van der Waals surface area (Å²) >= 11 is 0. The van der Waals surface area contributed by atoms with Gasteiger partial charge in [-0.2, -0.15) is 13.2 Å². The van der Waals surface area contributed by atoms with Crippen LogP contribution in [0.1, 0.15) is 36.7 Å². The second-order valence-corrected chi connectivity index (χ2v) is 5.94. The number of rotatable bonds is 8. The molecular formula is C19H20F3NO6. The summed E-state index contributed by atoms with van der Waals surface area (Å²) in [7, 11) is 0. The van der Waals surface area contributed by atoms with Crippen molar-refractivity contribution in [3.63, 3.8) is 0 Å². The number of carbonyl (C=O) groups excluding carboxylic acids is 3. The van der Waals surface area contributed by atoms with E-state index >= 15 is 0 Å². The summed E-state index contributed by atoms with van der Waals surface area (Å²) in [5.74, 6) is -2.98. The zero-order valence-electron chi connectivity index (χ0n) is 16.0. The molecule has 158 valence electrons. The number of hydrogen-bond acceptors (Lipinski definition) is 6. The van der Waals surface area contributed by atoms with Crippen molar-refractivity contribution in [3.8, 4) is 0 Å². The Labute approximate surface area is 165 Å². The lowest BCUT2D eigenvalue weighted by Crippen LogP contribution is -2.47. The highest BCUT2D eigenvalue weighted by Crippen LogP contribution is 2.38. The van der Waals surface area contributed by atoms with Gasteiger partial charge in [-0.25, -0.2) is 4.79 Å². The van der Waals surface area contributed by atoms with Crippen molar-refractivity contribution in [2.75, 3.05) is 19.8 Å². The molecule has 0 aromatic heterocycles. The Morgan fingerprint density at radius 2 is 1.72 bits per heavy atom. The number of hydrogen-bond donors (Lipinski definition) is 0. The molecule has 0 spiro atoms. The maximum Gasteiger partial charge on any atom is 0.425 e. The van der Waals surface area contributed by atoms with E-state index in [1.54, 1.807) is 13.8 Å². The molecule has 10 heteroatoms. The van der Waals surface area contributed by atoms with Gasteiger partial charge in [0.2, 0.25) is 5.76 Å². The van der Waals surface area contributed by atoms with Crippen LogP contribution in [0.5, 0.6) is 0 Å². The van der Waals surface area contributed by atoms with Crippen molar-refractivity contribution in [2.24, 2.45) is 0 Å². The topological polar surface area (TPSA) is 82.1 Å². The largest absolute Gasteiger partial charge is 0.474 e. The summed E-state index contributed by atoms with van der Waals surface area (Å²) in [6.45, 7) is 3.52. The molecule has 7 nitrogen and oxygen atoms in total. The molecule has 1 unspecified atom stereocenters. The Hall–Kier alpha value is -3.04. The molecule has 0 saturated heterocycles. The molecule has 0 N–H and O–H groups in total. The average molecular weight is 415 g/mol. The fourth-order valence-corrected chi connectivity index (χ4v) is 2.58. The quantitative estimate of drug-likeness (QED) is 0.608. The van der Waals surface area contributed by atoms with Gasteiger partial charge in [-0.3, -0.25) is 14.5 Å². The number of carbonyl (C=O) groups is 3. The minimum atomic E-state index is -4.71. The van der Waals surface area contributed by atoms with E-state index in [4.69, 9.17) is 14.2 Å². The van der Waals surface area contributed by atoms with Gasteiger partial charge in [-0.05, 0) is 26.8 Å². The Kier molecular flexibility index (Phi) is 6.89. The summed E-state index contributed by atoms with van der Waals surface area (Å²) in [5.41, 5.74) is 0.0218. The van der Waals surface area contributed by atoms with Crippen LogP contribution in [0.2, 0.25) is 0 Å². The molecule has 0 saturated carbocycles.